The molecule has 1 aliphatic rings. The Labute approximate surface area is 66.0 Å². The van der Waals surface area contributed by atoms with Gasteiger partial charge in [0.2, 0.25) is 0 Å². The highest BCUT2D eigenvalue weighted by Gasteiger charge is 2.07. The van der Waals surface area contributed by atoms with Crippen LogP contribution in [0.3, 0.4) is 0 Å². The Balaban J connectivity index is 2.51. The van der Waals surface area contributed by atoms with Crippen LogP contribution in [0.4, 0.5) is 5.82 Å². The second-order valence-corrected chi connectivity index (χ2v) is 2.83. The van der Waals surface area contributed by atoms with E-state index in [9.17, 15) is 0 Å². The number of rotatable bonds is 0. The monoisotopic (exact) mass is 146 g/mol. The Morgan fingerprint density at radius 3 is 3.18 bits per heavy atom. The molecule has 1 aromatic rings. The second kappa shape index (κ2) is 2.46. The molecule has 2 heterocycles. The van der Waals surface area contributed by atoms with Gasteiger partial charge in [0.1, 0.15) is 0 Å². The molecule has 0 spiro atoms. The minimum Gasteiger partial charge on any atom is -0.238 e. The quantitative estimate of drug-likeness (QED) is 0.550. The van der Waals surface area contributed by atoms with Crippen molar-refractivity contribution in [3.63, 3.8) is 0 Å². The van der Waals surface area contributed by atoms with Crippen LogP contribution < -0.4 is 0 Å². The molecule has 0 aliphatic carbocycles. The molecule has 0 unspecified atom stereocenters. The number of pyridine rings is 1. The summed E-state index contributed by atoms with van der Waals surface area (Å²) in [7, 11) is 0. The summed E-state index contributed by atoms with van der Waals surface area (Å²) in [5.41, 5.74) is 2.47. The van der Waals surface area contributed by atoms with E-state index in [0.29, 0.717) is 0 Å². The molecule has 2 rings (SSSR count). The van der Waals surface area contributed by atoms with Gasteiger partial charge in [-0.25, -0.2) is 9.98 Å². The smallest absolute Gasteiger partial charge is 0.154 e. The SMILES string of the molecule is CC1=Nc2ncccc2CC1. The zero-order valence-electron chi connectivity index (χ0n) is 6.54. The number of aryl methyl sites for hydroxylation is 1. The van der Waals surface area contributed by atoms with E-state index >= 15 is 0 Å². The first kappa shape index (κ1) is 6.53. The molecule has 0 saturated heterocycles. The molecule has 0 N–H and O–H groups in total. The molecule has 1 aromatic heterocycles. The molecular weight excluding hydrogens is 136 g/mol. The van der Waals surface area contributed by atoms with E-state index in [1.807, 2.05) is 6.07 Å². The van der Waals surface area contributed by atoms with Gasteiger partial charge in [-0.05, 0) is 31.4 Å². The van der Waals surface area contributed by atoms with E-state index in [1.165, 1.54) is 11.3 Å². The van der Waals surface area contributed by atoms with Gasteiger partial charge in [0.15, 0.2) is 5.82 Å². The average Bonchev–Trinajstić information content (AvgIpc) is 2.04. The summed E-state index contributed by atoms with van der Waals surface area (Å²) in [4.78, 5) is 8.53. The van der Waals surface area contributed by atoms with Crippen LogP contribution in [0.1, 0.15) is 18.9 Å². The van der Waals surface area contributed by atoms with Crippen molar-refractivity contribution in [1.29, 1.82) is 0 Å². The van der Waals surface area contributed by atoms with Gasteiger partial charge in [0, 0.05) is 11.9 Å². The van der Waals surface area contributed by atoms with Gasteiger partial charge in [0.05, 0.1) is 0 Å². The zero-order chi connectivity index (χ0) is 7.68. The molecule has 1 aliphatic heterocycles. The lowest BCUT2D eigenvalue weighted by Gasteiger charge is -2.10. The van der Waals surface area contributed by atoms with Gasteiger partial charge in [-0.1, -0.05) is 6.07 Å². The van der Waals surface area contributed by atoms with E-state index < -0.39 is 0 Å². The maximum atomic E-state index is 4.35. The summed E-state index contributed by atoms with van der Waals surface area (Å²) < 4.78 is 0. The molecule has 0 radical (unpaired) electrons. The van der Waals surface area contributed by atoms with Gasteiger partial charge in [-0.15, -0.1) is 0 Å². The van der Waals surface area contributed by atoms with Crippen LogP contribution in [0, 0.1) is 0 Å². The number of hydrogen-bond acceptors (Lipinski definition) is 2. The van der Waals surface area contributed by atoms with Crippen LogP contribution in [0.5, 0.6) is 0 Å². The summed E-state index contributed by atoms with van der Waals surface area (Å²) in [6, 6.07) is 4.06. The van der Waals surface area contributed by atoms with Gasteiger partial charge in [-0.2, -0.15) is 0 Å². The molecule has 56 valence electrons. The summed E-state index contributed by atoms with van der Waals surface area (Å²) in [5, 5.41) is 0. The number of fused-ring (bicyclic) bond motifs is 1. The molecule has 0 saturated carbocycles. The van der Waals surface area contributed by atoms with Crippen LogP contribution in [-0.2, 0) is 6.42 Å². The van der Waals surface area contributed by atoms with Crippen molar-refractivity contribution in [2.24, 2.45) is 4.99 Å². The average molecular weight is 146 g/mol. The molecule has 0 bridgehead atoms. The Hall–Kier alpha value is -1.18. The third-order valence-corrected chi connectivity index (χ3v) is 1.92. The van der Waals surface area contributed by atoms with E-state index in [4.69, 9.17) is 0 Å². The molecule has 11 heavy (non-hydrogen) atoms. The van der Waals surface area contributed by atoms with Crippen molar-refractivity contribution in [2.75, 3.05) is 0 Å². The minimum absolute atomic E-state index is 0.913. The lowest BCUT2D eigenvalue weighted by atomic mass is 10.1. The number of hydrogen-bond donors (Lipinski definition) is 0. The lowest BCUT2D eigenvalue weighted by Crippen LogP contribution is -2.02. The summed E-state index contributed by atoms with van der Waals surface area (Å²) >= 11 is 0. The first-order valence-corrected chi connectivity index (χ1v) is 3.84. The standard InChI is InChI=1S/C9H10N2/c1-7-4-5-8-3-2-6-10-9(8)11-7/h2-3,6H,4-5H2,1H3. The maximum absolute atomic E-state index is 4.35. The van der Waals surface area contributed by atoms with Crippen molar-refractivity contribution in [3.05, 3.63) is 23.9 Å². The van der Waals surface area contributed by atoms with E-state index in [0.717, 1.165) is 18.7 Å². The Bertz CT molecular complexity index is 302. The molecule has 0 fully saturated rings. The number of aromatic nitrogens is 1. The highest BCUT2D eigenvalue weighted by Crippen LogP contribution is 2.21. The summed E-state index contributed by atoms with van der Waals surface area (Å²) in [6.07, 6.45) is 3.97. The molecular formula is C9H10N2. The van der Waals surface area contributed by atoms with Crippen LogP contribution in [0.25, 0.3) is 0 Å². The van der Waals surface area contributed by atoms with Crippen LogP contribution in [-0.4, -0.2) is 10.7 Å². The fraction of sp³-hybridized carbons (Fsp3) is 0.333. The van der Waals surface area contributed by atoms with E-state index in [1.54, 1.807) is 6.20 Å². The predicted molar refractivity (Wildman–Crippen MR) is 45.3 cm³/mol. The van der Waals surface area contributed by atoms with Crippen molar-refractivity contribution in [1.82, 2.24) is 4.98 Å². The Morgan fingerprint density at radius 2 is 2.27 bits per heavy atom. The van der Waals surface area contributed by atoms with Gasteiger partial charge >= 0.3 is 0 Å². The zero-order valence-corrected chi connectivity index (χ0v) is 6.54. The van der Waals surface area contributed by atoms with Crippen LogP contribution >= 0.6 is 0 Å². The highest BCUT2D eigenvalue weighted by atomic mass is 14.9. The van der Waals surface area contributed by atoms with Crippen molar-refractivity contribution in [3.8, 4) is 0 Å². The topological polar surface area (TPSA) is 25.2 Å². The Kier molecular flexibility index (Phi) is 1.46. The lowest BCUT2D eigenvalue weighted by molar-refractivity contribution is 0.978. The normalized spacial score (nSPS) is 15.5. The van der Waals surface area contributed by atoms with E-state index in [2.05, 4.69) is 23.0 Å². The number of aliphatic imine (C=N–C) groups is 1. The third-order valence-electron chi connectivity index (χ3n) is 1.92. The summed E-state index contributed by atoms with van der Waals surface area (Å²) in [6.45, 7) is 2.05. The van der Waals surface area contributed by atoms with Crippen molar-refractivity contribution < 1.29 is 0 Å². The minimum atomic E-state index is 0.913. The first-order valence-electron chi connectivity index (χ1n) is 3.84. The molecule has 2 nitrogen and oxygen atoms in total. The van der Waals surface area contributed by atoms with Crippen LogP contribution in [0.2, 0.25) is 0 Å². The molecule has 0 aromatic carbocycles. The first-order chi connectivity index (χ1) is 5.36. The predicted octanol–water partition coefficient (Wildman–Crippen LogP) is 2.12. The second-order valence-electron chi connectivity index (χ2n) is 2.83. The van der Waals surface area contributed by atoms with Crippen LogP contribution in [0.15, 0.2) is 23.3 Å². The fourth-order valence-corrected chi connectivity index (χ4v) is 1.28. The van der Waals surface area contributed by atoms with Gasteiger partial charge < -0.3 is 0 Å². The molecule has 0 amide bonds. The third kappa shape index (κ3) is 1.16. The van der Waals surface area contributed by atoms with Crippen molar-refractivity contribution >= 4 is 11.5 Å². The summed E-state index contributed by atoms with van der Waals surface area (Å²) in [5.74, 6) is 0.913. The molecule has 0 atom stereocenters. The van der Waals surface area contributed by atoms with Gasteiger partial charge in [0.25, 0.3) is 0 Å². The fourth-order valence-electron chi connectivity index (χ4n) is 1.28. The molecule has 2 heteroatoms. The van der Waals surface area contributed by atoms with E-state index in [-0.39, 0.29) is 0 Å². The maximum Gasteiger partial charge on any atom is 0.154 e. The highest BCUT2D eigenvalue weighted by molar-refractivity contribution is 5.86. The number of nitrogens with zero attached hydrogens (tertiary/aromatic N) is 2. The van der Waals surface area contributed by atoms with Gasteiger partial charge in [-0.3, -0.25) is 0 Å². The largest absolute Gasteiger partial charge is 0.238 e. The van der Waals surface area contributed by atoms with Crippen molar-refractivity contribution in [2.45, 2.75) is 19.8 Å². The Morgan fingerprint density at radius 1 is 1.36 bits per heavy atom.